The third-order valence-corrected chi connectivity index (χ3v) is 7.40. The second kappa shape index (κ2) is 11.2. The van der Waals surface area contributed by atoms with Crippen LogP contribution in [0.25, 0.3) is 0 Å². The van der Waals surface area contributed by atoms with Crippen molar-refractivity contribution >= 4 is 24.0 Å². The number of hydrogen-bond donors (Lipinski definition) is 1. The van der Waals surface area contributed by atoms with E-state index in [4.69, 9.17) is 4.74 Å². The van der Waals surface area contributed by atoms with Crippen molar-refractivity contribution in [1.29, 1.82) is 0 Å². The summed E-state index contributed by atoms with van der Waals surface area (Å²) in [5.41, 5.74) is -0.385. The summed E-state index contributed by atoms with van der Waals surface area (Å²) in [7, 11) is 0. The molecule has 32 heavy (non-hydrogen) atoms. The van der Waals surface area contributed by atoms with Crippen molar-refractivity contribution < 1.29 is 29.0 Å². The van der Waals surface area contributed by atoms with Gasteiger partial charge in [-0.1, -0.05) is 12.5 Å². The number of allylic oxidation sites excluding steroid dienone is 2. The zero-order valence-corrected chi connectivity index (χ0v) is 20.2. The molecule has 0 spiro atoms. The highest BCUT2D eigenvalue weighted by Crippen LogP contribution is 2.37. The summed E-state index contributed by atoms with van der Waals surface area (Å²) >= 11 is 0. The van der Waals surface area contributed by atoms with Crippen LogP contribution in [0.2, 0.25) is 0 Å². The van der Waals surface area contributed by atoms with E-state index in [2.05, 4.69) is 0 Å². The first kappa shape index (κ1) is 26.3. The lowest BCUT2D eigenvalue weighted by Gasteiger charge is -2.22. The maximum atomic E-state index is 12.8. The summed E-state index contributed by atoms with van der Waals surface area (Å²) < 4.78 is 5.08. The lowest BCUT2D eigenvalue weighted by atomic mass is 9.85. The number of rotatable bonds is 13. The van der Waals surface area contributed by atoms with Gasteiger partial charge in [0.25, 0.3) is 6.47 Å². The van der Waals surface area contributed by atoms with Crippen molar-refractivity contribution in [3.8, 4) is 0 Å². The quantitative estimate of drug-likeness (QED) is 0.304. The third kappa shape index (κ3) is 7.28. The standard InChI is InChI=1S/C26H40O6/c1-25(2,24(30)31)15-5-7-18-9-11-20(22(18)28)13-14-21-12-10-19(23(21)29)8-6-16-26(3,4)32-17-27/h13,17-19,21H,5-12,14-16H2,1-4H3,(H,30,31)/b20-13+. The Balaban J connectivity index is 1.76. The Morgan fingerprint density at radius 3 is 2.28 bits per heavy atom. The predicted molar refractivity (Wildman–Crippen MR) is 122 cm³/mol. The molecule has 0 amide bonds. The van der Waals surface area contributed by atoms with Gasteiger partial charge in [-0.3, -0.25) is 19.2 Å². The van der Waals surface area contributed by atoms with Crippen molar-refractivity contribution in [2.24, 2.45) is 23.2 Å². The number of carbonyl (C=O) groups is 4. The number of aliphatic carboxylic acids is 1. The monoisotopic (exact) mass is 448 g/mol. The van der Waals surface area contributed by atoms with Gasteiger partial charge in [0.2, 0.25) is 0 Å². The largest absolute Gasteiger partial charge is 0.481 e. The molecule has 0 aliphatic heterocycles. The fraction of sp³-hybridized carbons (Fsp3) is 0.769. The molecular formula is C26H40O6. The number of carbonyl (C=O) groups excluding carboxylic acids is 3. The normalized spacial score (nSPS) is 25.5. The van der Waals surface area contributed by atoms with Crippen LogP contribution in [0.4, 0.5) is 0 Å². The average molecular weight is 449 g/mol. The highest BCUT2D eigenvalue weighted by atomic mass is 16.5. The minimum Gasteiger partial charge on any atom is -0.481 e. The topological polar surface area (TPSA) is 97.7 Å². The second-order valence-corrected chi connectivity index (χ2v) is 10.9. The maximum absolute atomic E-state index is 12.8. The van der Waals surface area contributed by atoms with E-state index >= 15 is 0 Å². The van der Waals surface area contributed by atoms with E-state index in [0.717, 1.165) is 63.4 Å². The Labute approximate surface area is 192 Å². The molecule has 180 valence electrons. The summed E-state index contributed by atoms with van der Waals surface area (Å²) in [5.74, 6) is -0.209. The first-order chi connectivity index (χ1) is 15.0. The zero-order chi connectivity index (χ0) is 23.9. The van der Waals surface area contributed by atoms with Crippen molar-refractivity contribution in [2.45, 2.75) is 104 Å². The van der Waals surface area contributed by atoms with Gasteiger partial charge >= 0.3 is 5.97 Å². The van der Waals surface area contributed by atoms with Crippen LogP contribution < -0.4 is 0 Å². The highest BCUT2D eigenvalue weighted by molar-refractivity contribution is 5.99. The van der Waals surface area contributed by atoms with Gasteiger partial charge in [0, 0.05) is 17.8 Å². The lowest BCUT2D eigenvalue weighted by molar-refractivity contribution is -0.147. The molecule has 0 aromatic heterocycles. The third-order valence-electron chi connectivity index (χ3n) is 7.40. The molecule has 6 nitrogen and oxygen atoms in total. The number of ether oxygens (including phenoxy) is 1. The van der Waals surface area contributed by atoms with Crippen molar-refractivity contribution in [3.63, 3.8) is 0 Å². The molecule has 0 heterocycles. The molecule has 0 aromatic rings. The first-order valence-corrected chi connectivity index (χ1v) is 12.1. The second-order valence-electron chi connectivity index (χ2n) is 10.9. The molecule has 1 N–H and O–H groups in total. The lowest BCUT2D eigenvalue weighted by Crippen LogP contribution is -2.24. The van der Waals surface area contributed by atoms with E-state index in [1.54, 1.807) is 13.8 Å². The van der Waals surface area contributed by atoms with Crippen LogP contribution in [0.1, 0.15) is 98.3 Å². The van der Waals surface area contributed by atoms with E-state index in [0.29, 0.717) is 25.1 Å². The molecule has 3 atom stereocenters. The summed E-state index contributed by atoms with van der Waals surface area (Å²) in [4.78, 5) is 47.3. The molecule has 0 aromatic carbocycles. The molecule has 0 saturated heterocycles. The fourth-order valence-electron chi connectivity index (χ4n) is 5.01. The average Bonchev–Trinajstić information content (AvgIpc) is 3.22. The number of ketones is 2. The van der Waals surface area contributed by atoms with Gasteiger partial charge in [-0.15, -0.1) is 0 Å². The van der Waals surface area contributed by atoms with E-state index in [1.165, 1.54) is 0 Å². The van der Waals surface area contributed by atoms with E-state index < -0.39 is 17.0 Å². The molecular weight excluding hydrogens is 408 g/mol. The first-order valence-electron chi connectivity index (χ1n) is 12.1. The summed E-state index contributed by atoms with van der Waals surface area (Å²) in [6.07, 6.45) is 10.5. The minimum atomic E-state index is -0.798. The van der Waals surface area contributed by atoms with Crippen molar-refractivity contribution in [2.75, 3.05) is 0 Å². The molecule has 3 unspecified atom stereocenters. The predicted octanol–water partition coefficient (Wildman–Crippen LogP) is 5.28. The Bertz CT molecular complexity index is 733. The van der Waals surface area contributed by atoms with Gasteiger partial charge in [-0.2, -0.15) is 0 Å². The molecule has 2 saturated carbocycles. The van der Waals surface area contributed by atoms with Gasteiger partial charge in [0.15, 0.2) is 5.78 Å². The number of hydrogen-bond acceptors (Lipinski definition) is 5. The van der Waals surface area contributed by atoms with Crippen molar-refractivity contribution in [1.82, 2.24) is 0 Å². The molecule has 6 heteroatoms. The van der Waals surface area contributed by atoms with Gasteiger partial charge in [-0.05, 0) is 97.5 Å². The van der Waals surface area contributed by atoms with Crippen LogP contribution in [0.3, 0.4) is 0 Å². The van der Waals surface area contributed by atoms with Crippen LogP contribution in [0.15, 0.2) is 11.6 Å². The molecule has 2 rings (SSSR count). The Kier molecular flexibility index (Phi) is 9.23. The Morgan fingerprint density at radius 2 is 1.62 bits per heavy atom. The van der Waals surface area contributed by atoms with Crippen molar-refractivity contribution in [3.05, 3.63) is 11.6 Å². The SMILES string of the molecule is CC(C)(CCCC1CCC(C/C=C2\CCC(CCCC(C)(C)C(=O)O)C2=O)C1=O)OC=O. The molecule has 2 fully saturated rings. The Morgan fingerprint density at radius 1 is 1.00 bits per heavy atom. The maximum Gasteiger partial charge on any atom is 0.309 e. The van der Waals surface area contributed by atoms with Gasteiger partial charge in [-0.25, -0.2) is 0 Å². The van der Waals surface area contributed by atoms with Crippen LogP contribution in [0, 0.1) is 23.2 Å². The van der Waals surface area contributed by atoms with Gasteiger partial charge in [0.1, 0.15) is 11.4 Å². The molecule has 2 aliphatic carbocycles. The molecule has 0 radical (unpaired) electrons. The van der Waals surface area contributed by atoms with Crippen LogP contribution >= 0.6 is 0 Å². The number of carboxylic acid groups (broad SMARTS) is 1. The number of carboxylic acids is 1. The fourth-order valence-corrected chi connectivity index (χ4v) is 5.01. The van der Waals surface area contributed by atoms with Gasteiger partial charge in [0.05, 0.1) is 5.41 Å². The summed E-state index contributed by atoms with van der Waals surface area (Å²) in [5, 5.41) is 9.22. The van der Waals surface area contributed by atoms with Gasteiger partial charge < -0.3 is 9.84 Å². The zero-order valence-electron chi connectivity index (χ0n) is 20.2. The van der Waals surface area contributed by atoms with E-state index in [1.807, 2.05) is 19.9 Å². The summed E-state index contributed by atoms with van der Waals surface area (Å²) in [6, 6.07) is 0. The van der Waals surface area contributed by atoms with E-state index in [9.17, 15) is 24.3 Å². The molecule has 2 aliphatic rings. The summed E-state index contributed by atoms with van der Waals surface area (Å²) in [6.45, 7) is 7.69. The molecule has 0 bridgehead atoms. The van der Waals surface area contributed by atoms with E-state index in [-0.39, 0.29) is 23.5 Å². The van der Waals surface area contributed by atoms with Crippen LogP contribution in [-0.4, -0.2) is 34.7 Å². The number of Topliss-reactive ketones (excluding diaryl/α,β-unsaturated/α-hetero) is 2. The highest BCUT2D eigenvalue weighted by Gasteiger charge is 2.35. The van der Waals surface area contributed by atoms with Crippen LogP contribution in [-0.2, 0) is 23.9 Å². The van der Waals surface area contributed by atoms with Crippen LogP contribution in [0.5, 0.6) is 0 Å². The minimum absolute atomic E-state index is 0.00480. The smallest absolute Gasteiger partial charge is 0.309 e. The Hall–Kier alpha value is -1.98.